The van der Waals surface area contributed by atoms with E-state index >= 15 is 0 Å². The molecular formula is C18H17NO4S. The molecule has 5 nitrogen and oxygen atoms in total. The molecule has 24 heavy (non-hydrogen) atoms. The predicted octanol–water partition coefficient (Wildman–Crippen LogP) is 4.02. The lowest BCUT2D eigenvalue weighted by Crippen LogP contribution is -2.01. The van der Waals surface area contributed by atoms with Gasteiger partial charge in [0.1, 0.15) is 11.3 Å². The van der Waals surface area contributed by atoms with Crippen molar-refractivity contribution >= 4 is 28.8 Å². The second-order valence-corrected chi connectivity index (χ2v) is 6.26. The number of carboxylic acid groups (broad SMARTS) is 1. The van der Waals surface area contributed by atoms with E-state index in [-0.39, 0.29) is 6.42 Å². The van der Waals surface area contributed by atoms with E-state index in [0.717, 1.165) is 34.6 Å². The second-order valence-electron chi connectivity index (χ2n) is 5.21. The number of hydrogen-bond acceptors (Lipinski definition) is 5. The molecule has 6 heteroatoms. The zero-order chi connectivity index (χ0) is 16.8. The highest BCUT2D eigenvalue weighted by Gasteiger charge is 2.05. The average Bonchev–Trinajstić information content (AvgIpc) is 2.98. The van der Waals surface area contributed by atoms with Gasteiger partial charge in [-0.15, -0.1) is 0 Å². The average molecular weight is 343 g/mol. The van der Waals surface area contributed by atoms with Crippen molar-refractivity contribution in [3.05, 3.63) is 54.1 Å². The van der Waals surface area contributed by atoms with Crippen molar-refractivity contribution in [1.82, 2.24) is 4.98 Å². The van der Waals surface area contributed by atoms with Gasteiger partial charge in [0.15, 0.2) is 5.58 Å². The number of rotatable bonds is 8. The summed E-state index contributed by atoms with van der Waals surface area (Å²) in [6, 6.07) is 14.8. The number of oxazole rings is 1. The van der Waals surface area contributed by atoms with Crippen molar-refractivity contribution in [3.8, 4) is 5.75 Å². The molecule has 3 rings (SSSR count). The van der Waals surface area contributed by atoms with Crippen LogP contribution in [-0.2, 0) is 11.2 Å². The minimum absolute atomic E-state index is 0.0292. The van der Waals surface area contributed by atoms with E-state index in [0.29, 0.717) is 11.8 Å². The van der Waals surface area contributed by atoms with Gasteiger partial charge in [0.2, 0.25) is 0 Å². The number of thioether (sulfide) groups is 1. The number of para-hydroxylation sites is 2. The largest absolute Gasteiger partial charge is 0.494 e. The maximum atomic E-state index is 10.6. The van der Waals surface area contributed by atoms with E-state index in [1.807, 2.05) is 24.3 Å². The van der Waals surface area contributed by atoms with Crippen LogP contribution in [0.2, 0.25) is 0 Å². The summed E-state index contributed by atoms with van der Waals surface area (Å²) < 4.78 is 11.3. The fourth-order valence-electron chi connectivity index (χ4n) is 2.20. The summed E-state index contributed by atoms with van der Waals surface area (Å²) in [5.74, 6) is 0.764. The molecule has 0 spiro atoms. The summed E-state index contributed by atoms with van der Waals surface area (Å²) >= 11 is 1.57. The highest BCUT2D eigenvalue weighted by molar-refractivity contribution is 7.99. The van der Waals surface area contributed by atoms with Gasteiger partial charge in [-0.05, 0) is 36.2 Å². The van der Waals surface area contributed by atoms with Gasteiger partial charge >= 0.3 is 5.97 Å². The molecule has 0 aliphatic rings. The molecule has 1 heterocycles. The van der Waals surface area contributed by atoms with Crippen molar-refractivity contribution in [1.29, 1.82) is 0 Å². The van der Waals surface area contributed by atoms with Gasteiger partial charge < -0.3 is 14.3 Å². The van der Waals surface area contributed by atoms with E-state index in [1.165, 1.54) is 0 Å². The van der Waals surface area contributed by atoms with E-state index < -0.39 is 5.97 Å². The Labute approximate surface area is 143 Å². The first kappa shape index (κ1) is 16.4. The van der Waals surface area contributed by atoms with Gasteiger partial charge in [-0.25, -0.2) is 4.98 Å². The Balaban J connectivity index is 1.39. The van der Waals surface area contributed by atoms with Crippen LogP contribution in [0.15, 0.2) is 58.2 Å². The number of hydrogen-bond donors (Lipinski definition) is 1. The van der Waals surface area contributed by atoms with Gasteiger partial charge in [0.05, 0.1) is 13.0 Å². The molecular weight excluding hydrogens is 326 g/mol. The second kappa shape index (κ2) is 7.88. The van der Waals surface area contributed by atoms with Crippen LogP contribution in [0, 0.1) is 0 Å². The van der Waals surface area contributed by atoms with Crippen LogP contribution < -0.4 is 4.74 Å². The Morgan fingerprint density at radius 1 is 1.17 bits per heavy atom. The van der Waals surface area contributed by atoms with E-state index in [9.17, 15) is 4.79 Å². The highest BCUT2D eigenvalue weighted by Crippen LogP contribution is 2.23. The number of fused-ring (bicyclic) bond motifs is 1. The monoisotopic (exact) mass is 343 g/mol. The van der Waals surface area contributed by atoms with Gasteiger partial charge in [0.25, 0.3) is 5.22 Å². The molecule has 0 unspecified atom stereocenters. The summed E-state index contributed by atoms with van der Waals surface area (Å²) in [5.41, 5.74) is 2.44. The smallest absolute Gasteiger partial charge is 0.307 e. The Morgan fingerprint density at radius 3 is 2.71 bits per heavy atom. The van der Waals surface area contributed by atoms with Crippen LogP contribution in [0.1, 0.15) is 12.0 Å². The van der Waals surface area contributed by atoms with Gasteiger partial charge in [-0.1, -0.05) is 36.0 Å². The fraction of sp³-hybridized carbons (Fsp3) is 0.222. The van der Waals surface area contributed by atoms with Crippen molar-refractivity contribution in [3.63, 3.8) is 0 Å². The number of carboxylic acids is 1. The molecule has 3 aromatic rings. The number of nitrogens with zero attached hydrogens (tertiary/aromatic N) is 1. The first-order valence-corrected chi connectivity index (χ1v) is 8.61. The van der Waals surface area contributed by atoms with Crippen LogP contribution in [-0.4, -0.2) is 28.4 Å². The van der Waals surface area contributed by atoms with Crippen molar-refractivity contribution in [2.45, 2.75) is 18.1 Å². The molecule has 0 fully saturated rings. The van der Waals surface area contributed by atoms with Crippen molar-refractivity contribution in [2.75, 3.05) is 12.4 Å². The normalized spacial score (nSPS) is 10.8. The van der Waals surface area contributed by atoms with Gasteiger partial charge in [0, 0.05) is 5.75 Å². The number of aliphatic carboxylic acids is 1. The van der Waals surface area contributed by atoms with E-state index in [4.69, 9.17) is 14.3 Å². The van der Waals surface area contributed by atoms with E-state index in [1.54, 1.807) is 36.0 Å². The molecule has 0 aliphatic heterocycles. The third-order valence-corrected chi connectivity index (χ3v) is 4.25. The molecule has 1 aromatic heterocycles. The maximum Gasteiger partial charge on any atom is 0.307 e. The standard InChI is InChI=1S/C18H17NO4S/c20-17(21)12-13-6-8-14(9-7-13)22-10-3-11-24-18-19-15-4-1-2-5-16(15)23-18/h1-2,4-9H,3,10-12H2,(H,20,21). The number of benzene rings is 2. The highest BCUT2D eigenvalue weighted by atomic mass is 32.2. The molecule has 1 N–H and O–H groups in total. The first-order chi connectivity index (χ1) is 11.7. The molecule has 0 bridgehead atoms. The first-order valence-electron chi connectivity index (χ1n) is 7.62. The van der Waals surface area contributed by atoms with Gasteiger partial charge in [-0.2, -0.15) is 0 Å². The fourth-order valence-corrected chi connectivity index (χ4v) is 2.95. The molecule has 0 aliphatic carbocycles. The molecule has 124 valence electrons. The molecule has 0 saturated carbocycles. The summed E-state index contributed by atoms with van der Waals surface area (Å²) in [7, 11) is 0. The maximum absolute atomic E-state index is 10.6. The number of ether oxygens (including phenoxy) is 1. The molecule has 0 saturated heterocycles. The molecule has 0 amide bonds. The zero-order valence-electron chi connectivity index (χ0n) is 13.0. The van der Waals surface area contributed by atoms with Crippen LogP contribution in [0.5, 0.6) is 5.75 Å². The molecule has 0 radical (unpaired) electrons. The summed E-state index contributed by atoms with van der Waals surface area (Å²) in [6.45, 7) is 0.589. The Hall–Kier alpha value is -2.47. The van der Waals surface area contributed by atoms with Crippen molar-refractivity contribution in [2.24, 2.45) is 0 Å². The molecule has 2 aromatic carbocycles. The zero-order valence-corrected chi connectivity index (χ0v) is 13.8. The van der Waals surface area contributed by atoms with Gasteiger partial charge in [-0.3, -0.25) is 4.79 Å². The third kappa shape index (κ3) is 4.52. The van der Waals surface area contributed by atoms with E-state index in [2.05, 4.69) is 4.98 Å². The summed E-state index contributed by atoms with van der Waals surface area (Å²) in [5, 5.41) is 9.41. The third-order valence-electron chi connectivity index (χ3n) is 3.34. The topological polar surface area (TPSA) is 72.6 Å². The van der Waals surface area contributed by atoms with Crippen molar-refractivity contribution < 1.29 is 19.1 Å². The lowest BCUT2D eigenvalue weighted by molar-refractivity contribution is -0.136. The minimum atomic E-state index is -0.833. The van der Waals surface area contributed by atoms with Crippen LogP contribution in [0.25, 0.3) is 11.1 Å². The lowest BCUT2D eigenvalue weighted by atomic mass is 10.1. The summed E-state index contributed by atoms with van der Waals surface area (Å²) in [6.07, 6.45) is 0.891. The predicted molar refractivity (Wildman–Crippen MR) is 92.6 cm³/mol. The van der Waals surface area contributed by atoms with Crippen LogP contribution in [0.4, 0.5) is 0 Å². The SMILES string of the molecule is O=C(O)Cc1ccc(OCCCSc2nc3ccccc3o2)cc1. The van der Waals surface area contributed by atoms with Crippen LogP contribution >= 0.6 is 11.8 Å². The Bertz CT molecular complexity index is 780. The number of aromatic nitrogens is 1. The summed E-state index contributed by atoms with van der Waals surface area (Å²) in [4.78, 5) is 15.0. The Kier molecular flexibility index (Phi) is 5.38. The van der Waals surface area contributed by atoms with Crippen LogP contribution in [0.3, 0.4) is 0 Å². The molecule has 0 atom stereocenters. The number of carbonyl (C=O) groups is 1. The minimum Gasteiger partial charge on any atom is -0.494 e. The Morgan fingerprint density at radius 2 is 1.96 bits per heavy atom. The lowest BCUT2D eigenvalue weighted by Gasteiger charge is -2.06. The quantitative estimate of drug-likeness (QED) is 0.492.